The van der Waals surface area contributed by atoms with Gasteiger partial charge in [0.15, 0.2) is 12.2 Å². The van der Waals surface area contributed by atoms with Crippen molar-refractivity contribution in [1.82, 2.24) is 14.7 Å². The van der Waals surface area contributed by atoms with Crippen molar-refractivity contribution in [3.8, 4) is 0 Å². The van der Waals surface area contributed by atoms with Crippen LogP contribution in [0.2, 0.25) is 25.7 Å². The standard InChI is InChI=1S/C25H43N5O3Si/c1-5-7-29-22(31)20-21(28(8-6-26)24(29)32)27-23(30(20)16-33-9-10-34(2,3)4)25-14-17-11-18(15-25)13-19(25)12-17/h17-21H,5-16,26H2,1-4H3. The molecule has 6 aliphatic rings. The van der Waals surface area contributed by atoms with Gasteiger partial charge in [0, 0.05) is 39.7 Å². The lowest BCUT2D eigenvalue weighted by Gasteiger charge is -2.44. The fourth-order valence-electron chi connectivity index (χ4n) is 7.64. The average molecular weight is 490 g/mol. The summed E-state index contributed by atoms with van der Waals surface area (Å²) in [6.45, 7) is 11.3. The summed E-state index contributed by atoms with van der Waals surface area (Å²) >= 11 is 0. The van der Waals surface area contributed by atoms with E-state index in [1.807, 2.05) is 6.92 Å². The van der Waals surface area contributed by atoms with E-state index in [2.05, 4.69) is 24.5 Å². The number of urea groups is 1. The molecule has 2 N–H and O–H groups in total. The van der Waals surface area contributed by atoms with Crippen molar-refractivity contribution in [3.63, 3.8) is 0 Å². The summed E-state index contributed by atoms with van der Waals surface area (Å²) in [4.78, 5) is 37.7. The number of hydrogen-bond donors (Lipinski definition) is 1. The Balaban J connectivity index is 1.48. The Hall–Kier alpha value is -1.45. The first-order chi connectivity index (χ1) is 16.2. The van der Waals surface area contributed by atoms with Gasteiger partial charge in [-0.05, 0) is 62.3 Å². The SMILES string of the molecule is CCCN1C(=O)C2C(N=C(C34CC5CC(CC3C5)C4)N2COCC[Si](C)(C)C)N(CCN)C1=O. The molecular formula is C25H43N5O3Si. The maximum absolute atomic E-state index is 13.8. The predicted molar refractivity (Wildman–Crippen MR) is 135 cm³/mol. The van der Waals surface area contributed by atoms with Crippen molar-refractivity contribution in [2.24, 2.45) is 33.9 Å². The smallest absolute Gasteiger partial charge is 0.328 e. The number of carbonyl (C=O) groups is 2. The maximum Gasteiger partial charge on any atom is 0.328 e. The largest absolute Gasteiger partial charge is 0.361 e. The van der Waals surface area contributed by atoms with Crippen LogP contribution in [0.25, 0.3) is 0 Å². The van der Waals surface area contributed by atoms with Crippen LogP contribution in [0.4, 0.5) is 4.79 Å². The number of fused-ring (bicyclic) bond motifs is 1. The molecule has 4 unspecified atom stereocenters. The number of ether oxygens (including phenoxy) is 1. The zero-order valence-corrected chi connectivity index (χ0v) is 22.5. The Kier molecular flexibility index (Phi) is 6.34. The topological polar surface area (TPSA) is 91.5 Å². The average Bonchev–Trinajstić information content (AvgIpc) is 3.35. The third-order valence-electron chi connectivity index (χ3n) is 8.94. The summed E-state index contributed by atoms with van der Waals surface area (Å²) in [7, 11) is -1.22. The maximum atomic E-state index is 13.8. The first-order valence-electron chi connectivity index (χ1n) is 13.4. The highest BCUT2D eigenvalue weighted by atomic mass is 28.3. The number of amidine groups is 1. The highest BCUT2D eigenvalue weighted by molar-refractivity contribution is 6.76. The number of nitrogens with zero attached hydrogens (tertiary/aromatic N) is 4. The summed E-state index contributed by atoms with van der Waals surface area (Å²) < 4.78 is 6.26. The van der Waals surface area contributed by atoms with Gasteiger partial charge in [0.1, 0.15) is 12.6 Å². The minimum absolute atomic E-state index is 0.0559. The summed E-state index contributed by atoms with van der Waals surface area (Å²) in [5.74, 6) is 3.16. The second-order valence-electron chi connectivity index (χ2n) is 12.6. The fraction of sp³-hybridized carbons (Fsp3) is 0.880. The van der Waals surface area contributed by atoms with Gasteiger partial charge in [-0.2, -0.15) is 0 Å². The second-order valence-corrected chi connectivity index (χ2v) is 18.2. The van der Waals surface area contributed by atoms with Crippen LogP contribution in [0.3, 0.4) is 0 Å². The van der Waals surface area contributed by atoms with E-state index in [0.29, 0.717) is 38.9 Å². The summed E-state index contributed by atoms with van der Waals surface area (Å²) in [6.07, 6.45) is 6.53. The number of rotatable bonds is 10. The Labute approximate surface area is 205 Å². The van der Waals surface area contributed by atoms with E-state index >= 15 is 0 Å². The summed E-state index contributed by atoms with van der Waals surface area (Å²) in [5.41, 5.74) is 5.97. The molecule has 4 bridgehead atoms. The second kappa shape index (κ2) is 8.89. The van der Waals surface area contributed by atoms with Crippen LogP contribution >= 0.6 is 0 Å². The molecule has 2 heterocycles. The number of nitrogens with two attached hydrogens (primary N) is 1. The Morgan fingerprint density at radius 2 is 1.79 bits per heavy atom. The molecule has 6 rings (SSSR count). The van der Waals surface area contributed by atoms with Crippen LogP contribution in [0.1, 0.15) is 45.4 Å². The van der Waals surface area contributed by atoms with Crippen LogP contribution in [0, 0.1) is 23.2 Å². The van der Waals surface area contributed by atoms with Gasteiger partial charge < -0.3 is 15.4 Å². The molecule has 0 aromatic carbocycles. The predicted octanol–water partition coefficient (Wildman–Crippen LogP) is 3.17. The molecule has 8 nitrogen and oxygen atoms in total. The third kappa shape index (κ3) is 3.91. The minimum Gasteiger partial charge on any atom is -0.361 e. The molecule has 1 saturated heterocycles. The molecule has 0 aromatic heterocycles. The van der Waals surface area contributed by atoms with E-state index in [1.54, 1.807) is 4.90 Å². The van der Waals surface area contributed by atoms with Crippen LogP contribution in [-0.4, -0.2) is 85.7 Å². The first-order valence-corrected chi connectivity index (χ1v) is 17.1. The first kappa shape index (κ1) is 24.3. The van der Waals surface area contributed by atoms with E-state index in [9.17, 15) is 9.59 Å². The molecule has 0 spiro atoms. The molecule has 9 heteroatoms. The van der Waals surface area contributed by atoms with Crippen LogP contribution < -0.4 is 5.73 Å². The molecule has 0 radical (unpaired) electrons. The van der Waals surface area contributed by atoms with Crippen molar-refractivity contribution in [2.75, 3.05) is 33.0 Å². The highest BCUT2D eigenvalue weighted by Gasteiger charge is 2.64. The van der Waals surface area contributed by atoms with Crippen LogP contribution in [0.5, 0.6) is 0 Å². The summed E-state index contributed by atoms with van der Waals surface area (Å²) in [5, 5.41) is 0. The lowest BCUT2D eigenvalue weighted by atomic mass is 9.74. The Bertz CT molecular complexity index is 844. The van der Waals surface area contributed by atoms with Crippen LogP contribution in [0.15, 0.2) is 4.99 Å². The van der Waals surface area contributed by atoms with Gasteiger partial charge in [-0.3, -0.25) is 14.6 Å². The van der Waals surface area contributed by atoms with Gasteiger partial charge in [0.25, 0.3) is 5.91 Å². The van der Waals surface area contributed by atoms with Gasteiger partial charge in [0.05, 0.1) is 0 Å². The summed E-state index contributed by atoms with van der Waals surface area (Å²) in [6, 6.07) is 0.357. The molecule has 4 saturated carbocycles. The number of carbonyl (C=O) groups excluding carboxylic acids is 2. The highest BCUT2D eigenvalue weighted by Crippen LogP contribution is 2.66. The zero-order chi connectivity index (χ0) is 24.3. The molecule has 3 amide bonds. The molecule has 4 aliphatic carbocycles. The van der Waals surface area contributed by atoms with Gasteiger partial charge in [-0.25, -0.2) is 9.79 Å². The van der Waals surface area contributed by atoms with Gasteiger partial charge in [-0.15, -0.1) is 0 Å². The van der Waals surface area contributed by atoms with Gasteiger partial charge >= 0.3 is 6.03 Å². The normalized spacial score (nSPS) is 36.7. The van der Waals surface area contributed by atoms with Crippen molar-refractivity contribution < 1.29 is 14.3 Å². The van der Waals surface area contributed by atoms with E-state index in [4.69, 9.17) is 15.5 Å². The van der Waals surface area contributed by atoms with E-state index in [-0.39, 0.29) is 17.4 Å². The van der Waals surface area contributed by atoms with Crippen molar-refractivity contribution in [2.45, 2.75) is 83.3 Å². The third-order valence-corrected chi connectivity index (χ3v) is 10.6. The van der Waals surface area contributed by atoms with E-state index < -0.39 is 20.3 Å². The number of amides is 3. The van der Waals surface area contributed by atoms with Crippen molar-refractivity contribution >= 4 is 25.8 Å². The monoisotopic (exact) mass is 489 g/mol. The van der Waals surface area contributed by atoms with Gasteiger partial charge in [0.2, 0.25) is 0 Å². The molecule has 34 heavy (non-hydrogen) atoms. The zero-order valence-electron chi connectivity index (χ0n) is 21.5. The number of imide groups is 1. The molecule has 190 valence electrons. The number of aliphatic imine (C=N–C) groups is 1. The molecule has 5 fully saturated rings. The van der Waals surface area contributed by atoms with Crippen LogP contribution in [-0.2, 0) is 9.53 Å². The fourth-order valence-corrected chi connectivity index (χ4v) is 8.40. The van der Waals surface area contributed by atoms with Crippen molar-refractivity contribution in [3.05, 3.63) is 0 Å². The molecule has 4 atom stereocenters. The lowest BCUT2D eigenvalue weighted by molar-refractivity contribution is -0.139. The van der Waals surface area contributed by atoms with E-state index in [1.165, 1.54) is 37.0 Å². The molecule has 2 aliphatic heterocycles. The molecule has 0 aromatic rings. The quantitative estimate of drug-likeness (QED) is 0.376. The molecular weight excluding hydrogens is 446 g/mol. The van der Waals surface area contributed by atoms with Gasteiger partial charge in [-0.1, -0.05) is 26.6 Å². The Morgan fingerprint density at radius 3 is 2.41 bits per heavy atom. The van der Waals surface area contributed by atoms with E-state index in [0.717, 1.165) is 30.1 Å². The Morgan fingerprint density at radius 1 is 1.09 bits per heavy atom. The lowest BCUT2D eigenvalue weighted by Crippen LogP contribution is -2.67. The van der Waals surface area contributed by atoms with Crippen molar-refractivity contribution in [1.29, 1.82) is 0 Å². The number of hydrogen-bond acceptors (Lipinski definition) is 6. The minimum atomic E-state index is -1.22.